The van der Waals surface area contributed by atoms with E-state index in [4.69, 9.17) is 0 Å². The van der Waals surface area contributed by atoms with Gasteiger partial charge in [-0.15, -0.1) is 0 Å². The third-order valence-electron chi connectivity index (χ3n) is 2.81. The monoisotopic (exact) mass is 240 g/mol. The van der Waals surface area contributed by atoms with Crippen LogP contribution in [0.2, 0.25) is 0 Å². The van der Waals surface area contributed by atoms with E-state index in [2.05, 4.69) is 34.1 Å². The Balaban J connectivity index is 1.73. The Morgan fingerprint density at radius 1 is 1.62 bits per heavy atom. The Morgan fingerprint density at radius 3 is 3.31 bits per heavy atom. The van der Waals surface area contributed by atoms with E-state index >= 15 is 0 Å². The van der Waals surface area contributed by atoms with E-state index in [0.29, 0.717) is 0 Å². The van der Waals surface area contributed by atoms with E-state index in [1.54, 1.807) is 6.33 Å². The summed E-state index contributed by atoms with van der Waals surface area (Å²) in [5, 5.41) is 8.51. The zero-order chi connectivity index (χ0) is 11.2. The summed E-state index contributed by atoms with van der Waals surface area (Å²) in [5.41, 5.74) is 0. The van der Waals surface area contributed by atoms with Gasteiger partial charge in [0.1, 0.15) is 12.2 Å². The first-order valence-corrected chi connectivity index (χ1v) is 7.14. The van der Waals surface area contributed by atoms with Gasteiger partial charge >= 0.3 is 0 Å². The van der Waals surface area contributed by atoms with E-state index in [1.807, 2.05) is 4.68 Å². The molecule has 1 aromatic heterocycles. The van der Waals surface area contributed by atoms with Gasteiger partial charge in [-0.25, -0.2) is 9.67 Å². The minimum absolute atomic E-state index is 0.808. The fourth-order valence-electron chi connectivity index (χ4n) is 1.97. The standard InChI is InChI=1S/C11H20N4S/c1-2-5-15-11(13-9-14-15)8-12-7-10-4-3-6-16-10/h9-10,12H,2-8H2,1H3. The number of thioether (sulfide) groups is 1. The lowest BCUT2D eigenvalue weighted by Crippen LogP contribution is -2.24. The number of aryl methyl sites for hydroxylation is 1. The van der Waals surface area contributed by atoms with Gasteiger partial charge in [-0.3, -0.25) is 0 Å². The molecule has 1 N–H and O–H groups in total. The number of nitrogens with zero attached hydrogens (tertiary/aromatic N) is 3. The fourth-order valence-corrected chi connectivity index (χ4v) is 3.21. The molecule has 1 aliphatic rings. The van der Waals surface area contributed by atoms with Crippen molar-refractivity contribution in [2.75, 3.05) is 12.3 Å². The molecule has 0 bridgehead atoms. The summed E-state index contributed by atoms with van der Waals surface area (Å²) in [4.78, 5) is 4.28. The molecule has 1 aliphatic heterocycles. The van der Waals surface area contributed by atoms with Crippen LogP contribution in [0.3, 0.4) is 0 Å². The summed E-state index contributed by atoms with van der Waals surface area (Å²) in [6, 6.07) is 0. The second kappa shape index (κ2) is 6.25. The zero-order valence-corrected chi connectivity index (χ0v) is 10.7. The zero-order valence-electron chi connectivity index (χ0n) is 9.85. The number of aromatic nitrogens is 3. The summed E-state index contributed by atoms with van der Waals surface area (Å²) in [5.74, 6) is 2.39. The third kappa shape index (κ3) is 3.22. The van der Waals surface area contributed by atoms with Gasteiger partial charge in [-0.1, -0.05) is 6.92 Å². The molecule has 0 spiro atoms. The second-order valence-electron chi connectivity index (χ2n) is 4.17. The van der Waals surface area contributed by atoms with Gasteiger partial charge in [0.05, 0.1) is 6.54 Å². The molecule has 0 aromatic carbocycles. The molecule has 4 nitrogen and oxygen atoms in total. The van der Waals surface area contributed by atoms with E-state index in [-0.39, 0.29) is 0 Å². The first kappa shape index (κ1) is 11.9. The molecule has 0 aliphatic carbocycles. The molecule has 1 aromatic rings. The maximum atomic E-state index is 4.28. The lowest BCUT2D eigenvalue weighted by atomic mass is 10.2. The molecule has 2 heterocycles. The maximum Gasteiger partial charge on any atom is 0.140 e. The van der Waals surface area contributed by atoms with Gasteiger partial charge in [0, 0.05) is 18.3 Å². The Labute approximate surface area is 101 Å². The van der Waals surface area contributed by atoms with Crippen molar-refractivity contribution in [3.8, 4) is 0 Å². The van der Waals surface area contributed by atoms with Crippen molar-refractivity contribution >= 4 is 11.8 Å². The van der Waals surface area contributed by atoms with Gasteiger partial charge in [0.25, 0.3) is 0 Å². The Kier molecular flexibility index (Phi) is 4.66. The lowest BCUT2D eigenvalue weighted by Gasteiger charge is -2.10. The number of nitrogens with one attached hydrogen (secondary N) is 1. The third-order valence-corrected chi connectivity index (χ3v) is 4.21. The first-order chi connectivity index (χ1) is 7.90. The van der Waals surface area contributed by atoms with Crippen LogP contribution in [0.25, 0.3) is 0 Å². The van der Waals surface area contributed by atoms with Gasteiger partial charge < -0.3 is 5.32 Å². The molecular formula is C11H20N4S. The molecule has 1 unspecified atom stereocenters. The van der Waals surface area contributed by atoms with Crippen LogP contribution in [0.4, 0.5) is 0 Å². The first-order valence-electron chi connectivity index (χ1n) is 6.09. The van der Waals surface area contributed by atoms with E-state index in [0.717, 1.165) is 37.1 Å². The lowest BCUT2D eigenvalue weighted by molar-refractivity contribution is 0.539. The Bertz CT molecular complexity index is 307. The molecule has 0 saturated carbocycles. The predicted octanol–water partition coefficient (Wildman–Crippen LogP) is 1.67. The molecule has 1 atom stereocenters. The summed E-state index contributed by atoms with van der Waals surface area (Å²) in [6.45, 7) is 5.07. The van der Waals surface area contributed by atoms with Crippen LogP contribution in [-0.4, -0.2) is 32.3 Å². The highest BCUT2D eigenvalue weighted by atomic mass is 32.2. The quantitative estimate of drug-likeness (QED) is 0.821. The minimum Gasteiger partial charge on any atom is -0.309 e. The molecule has 5 heteroatoms. The molecule has 1 saturated heterocycles. The number of rotatable bonds is 6. The molecule has 16 heavy (non-hydrogen) atoms. The summed E-state index contributed by atoms with van der Waals surface area (Å²) in [7, 11) is 0. The van der Waals surface area contributed by atoms with Crippen LogP contribution in [0.1, 0.15) is 32.0 Å². The van der Waals surface area contributed by atoms with Crippen LogP contribution in [0.15, 0.2) is 6.33 Å². The van der Waals surface area contributed by atoms with E-state index < -0.39 is 0 Å². The highest BCUT2D eigenvalue weighted by molar-refractivity contribution is 8.00. The van der Waals surface area contributed by atoms with Crippen molar-refractivity contribution in [1.82, 2.24) is 20.1 Å². The number of hydrogen-bond donors (Lipinski definition) is 1. The Hall–Kier alpha value is -0.550. The molecule has 90 valence electrons. The summed E-state index contributed by atoms with van der Waals surface area (Å²) in [6.07, 6.45) is 5.49. The van der Waals surface area contributed by atoms with Crippen molar-refractivity contribution < 1.29 is 0 Å². The largest absolute Gasteiger partial charge is 0.309 e. The molecule has 0 radical (unpaired) electrons. The van der Waals surface area contributed by atoms with E-state index in [1.165, 1.54) is 18.6 Å². The van der Waals surface area contributed by atoms with Crippen LogP contribution < -0.4 is 5.32 Å². The highest BCUT2D eigenvalue weighted by Crippen LogP contribution is 2.25. The van der Waals surface area contributed by atoms with E-state index in [9.17, 15) is 0 Å². The van der Waals surface area contributed by atoms with Crippen molar-refractivity contribution in [1.29, 1.82) is 0 Å². The van der Waals surface area contributed by atoms with Gasteiger partial charge in [-0.2, -0.15) is 16.9 Å². The minimum atomic E-state index is 0.808. The Morgan fingerprint density at radius 2 is 2.56 bits per heavy atom. The van der Waals surface area contributed by atoms with Crippen LogP contribution >= 0.6 is 11.8 Å². The van der Waals surface area contributed by atoms with Crippen LogP contribution in [0, 0.1) is 0 Å². The number of hydrogen-bond acceptors (Lipinski definition) is 4. The van der Waals surface area contributed by atoms with Gasteiger partial charge in [0.2, 0.25) is 0 Å². The maximum absolute atomic E-state index is 4.28. The predicted molar refractivity (Wildman–Crippen MR) is 67.5 cm³/mol. The topological polar surface area (TPSA) is 42.7 Å². The van der Waals surface area contributed by atoms with Crippen molar-refractivity contribution in [2.24, 2.45) is 0 Å². The molecule has 2 rings (SSSR count). The average molecular weight is 240 g/mol. The highest BCUT2D eigenvalue weighted by Gasteiger charge is 2.15. The van der Waals surface area contributed by atoms with Crippen LogP contribution in [0.5, 0.6) is 0 Å². The van der Waals surface area contributed by atoms with Gasteiger partial charge in [-0.05, 0) is 25.0 Å². The SMILES string of the molecule is CCCn1ncnc1CNCC1CCCS1. The smallest absolute Gasteiger partial charge is 0.140 e. The average Bonchev–Trinajstić information content (AvgIpc) is 2.91. The van der Waals surface area contributed by atoms with Crippen molar-refractivity contribution in [3.05, 3.63) is 12.2 Å². The molecule has 1 fully saturated rings. The van der Waals surface area contributed by atoms with Crippen molar-refractivity contribution in [2.45, 2.75) is 44.5 Å². The molecule has 0 amide bonds. The van der Waals surface area contributed by atoms with Gasteiger partial charge in [0.15, 0.2) is 0 Å². The summed E-state index contributed by atoms with van der Waals surface area (Å²) < 4.78 is 1.99. The normalized spacial score (nSPS) is 20.4. The van der Waals surface area contributed by atoms with Crippen molar-refractivity contribution in [3.63, 3.8) is 0 Å². The summed E-state index contributed by atoms with van der Waals surface area (Å²) >= 11 is 2.09. The fraction of sp³-hybridized carbons (Fsp3) is 0.818. The van der Waals surface area contributed by atoms with Crippen LogP contribution in [-0.2, 0) is 13.1 Å². The molecular weight excluding hydrogens is 220 g/mol. The second-order valence-corrected chi connectivity index (χ2v) is 5.57.